The van der Waals surface area contributed by atoms with Crippen LogP contribution in [0.15, 0.2) is 24.4 Å². The number of phenolic OH excluding ortho intramolecular Hbond substituents is 1. The topological polar surface area (TPSA) is 48.0 Å². The van der Waals surface area contributed by atoms with Gasteiger partial charge in [-0.1, -0.05) is 0 Å². The van der Waals surface area contributed by atoms with E-state index in [9.17, 15) is 5.11 Å². The molecule has 1 aromatic carbocycles. The maximum absolute atomic E-state index is 9.41. The summed E-state index contributed by atoms with van der Waals surface area (Å²) in [5.41, 5.74) is 1.93. The maximum atomic E-state index is 9.41. The fourth-order valence-corrected chi connectivity index (χ4v) is 1.57. The van der Waals surface area contributed by atoms with Crippen molar-refractivity contribution in [3.8, 4) is 5.75 Å². The van der Waals surface area contributed by atoms with Crippen molar-refractivity contribution in [2.75, 3.05) is 13.5 Å². The van der Waals surface area contributed by atoms with Crippen LogP contribution in [0.2, 0.25) is 0 Å². The van der Waals surface area contributed by atoms with Gasteiger partial charge >= 0.3 is 0 Å². The fourth-order valence-electron chi connectivity index (χ4n) is 1.57. The molecule has 0 saturated carbocycles. The minimum absolute atomic E-state index is 0.210. The molecule has 0 radical (unpaired) electrons. The van der Waals surface area contributed by atoms with Gasteiger partial charge in [-0.15, -0.1) is 0 Å². The average Bonchev–Trinajstić information content (AvgIpc) is 2.59. The van der Waals surface area contributed by atoms with Crippen LogP contribution in [0.1, 0.15) is 9.68 Å². The van der Waals surface area contributed by atoms with Crippen LogP contribution in [0.25, 0.3) is 10.9 Å². The molecule has 2 rings (SSSR count). The van der Waals surface area contributed by atoms with Gasteiger partial charge in [0.25, 0.3) is 0 Å². The number of rotatable bonds is 3. The minimum Gasteiger partial charge on any atom is -0.508 e. The molecule has 1 aromatic heterocycles. The molecule has 0 fully saturated rings. The lowest BCUT2D eigenvalue weighted by Crippen LogP contribution is -2.09. The van der Waals surface area contributed by atoms with Crippen LogP contribution in [0.5, 0.6) is 5.75 Å². The van der Waals surface area contributed by atoms with E-state index in [0.717, 1.165) is 16.5 Å². The molecule has 3 nitrogen and oxygen atoms in total. The first-order valence-electron chi connectivity index (χ1n) is 6.00. The summed E-state index contributed by atoms with van der Waals surface area (Å²) in [6, 6.07) is 5.09. The summed E-state index contributed by atoms with van der Waals surface area (Å²) in [4.78, 5) is 3.08. The number of H-pyrrole nitrogens is 1. The smallest absolute Gasteiger partial charge is 0.116 e. The van der Waals surface area contributed by atoms with Gasteiger partial charge in [0.1, 0.15) is 5.75 Å². The van der Waals surface area contributed by atoms with E-state index in [1.165, 1.54) is 0 Å². The predicted octanol–water partition coefficient (Wildman–Crippen LogP) is 1.64. The monoisotopic (exact) mass is 193 g/mol. The molecule has 0 aliphatic rings. The van der Waals surface area contributed by atoms with Crippen molar-refractivity contribution in [2.24, 2.45) is 0 Å². The number of fused-ring (bicyclic) bond motifs is 1. The Kier molecular flexibility index (Phi) is 1.62. The Hall–Kier alpha value is -1.48. The molecule has 74 valence electrons. The first-order chi connectivity index (χ1) is 7.96. The van der Waals surface area contributed by atoms with Crippen molar-refractivity contribution in [1.82, 2.24) is 10.3 Å². The Balaban J connectivity index is 2.11. The zero-order valence-electron chi connectivity index (χ0n) is 10.7. The largest absolute Gasteiger partial charge is 0.508 e. The van der Waals surface area contributed by atoms with Gasteiger partial charge in [0.05, 0.1) is 0 Å². The van der Waals surface area contributed by atoms with Crippen LogP contribution in [0.4, 0.5) is 0 Å². The highest BCUT2D eigenvalue weighted by Gasteiger charge is 2.03. The lowest BCUT2D eigenvalue weighted by Gasteiger charge is -1.98. The van der Waals surface area contributed by atoms with Gasteiger partial charge < -0.3 is 15.4 Å². The Morgan fingerprint density at radius 3 is 3.36 bits per heavy atom. The summed E-state index contributed by atoms with van der Waals surface area (Å²) in [7, 11) is 0. The Labute approximate surface area is 87.0 Å². The highest BCUT2D eigenvalue weighted by molar-refractivity contribution is 5.84. The minimum atomic E-state index is -2.10. The van der Waals surface area contributed by atoms with E-state index in [2.05, 4.69) is 10.3 Å². The van der Waals surface area contributed by atoms with E-state index < -0.39 is 6.98 Å². The van der Waals surface area contributed by atoms with Gasteiger partial charge in [0, 0.05) is 21.2 Å². The maximum Gasteiger partial charge on any atom is 0.116 e. The average molecular weight is 193 g/mol. The molecule has 0 aliphatic heterocycles. The molecular formula is C11H14N2O. The third-order valence-electron chi connectivity index (χ3n) is 2.27. The third-order valence-corrected chi connectivity index (χ3v) is 2.27. The highest BCUT2D eigenvalue weighted by Crippen LogP contribution is 2.22. The molecule has 0 atom stereocenters. The SMILES string of the molecule is [2H]C([2H])([2H])NCCc1c[nH]c2ccc(O)cc12. The van der Waals surface area contributed by atoms with Crippen molar-refractivity contribution in [2.45, 2.75) is 6.42 Å². The molecule has 3 heteroatoms. The number of likely N-dealkylation sites (N-methyl/N-ethyl adjacent to an activating group) is 1. The van der Waals surface area contributed by atoms with Crippen LogP contribution in [-0.2, 0) is 6.42 Å². The highest BCUT2D eigenvalue weighted by atomic mass is 16.3. The van der Waals surface area contributed by atoms with Crippen LogP contribution >= 0.6 is 0 Å². The van der Waals surface area contributed by atoms with Gasteiger partial charge in [-0.05, 0) is 43.7 Å². The van der Waals surface area contributed by atoms with E-state index in [4.69, 9.17) is 4.11 Å². The van der Waals surface area contributed by atoms with Crippen molar-refractivity contribution >= 4 is 10.9 Å². The predicted molar refractivity (Wildman–Crippen MR) is 57.6 cm³/mol. The summed E-state index contributed by atoms with van der Waals surface area (Å²) in [6.45, 7) is -1.73. The normalized spacial score (nSPS) is 15.0. The van der Waals surface area contributed by atoms with Crippen molar-refractivity contribution in [3.63, 3.8) is 0 Å². The Bertz CT molecular complexity index is 519. The molecule has 0 unspecified atom stereocenters. The number of benzene rings is 1. The summed E-state index contributed by atoms with van der Waals surface area (Å²) >= 11 is 0. The molecular weight excluding hydrogens is 176 g/mol. The molecule has 0 spiro atoms. The summed E-state index contributed by atoms with van der Waals surface area (Å²) < 4.78 is 21.1. The third kappa shape index (κ3) is 1.59. The molecule has 0 saturated heterocycles. The molecule has 14 heavy (non-hydrogen) atoms. The second-order valence-electron chi connectivity index (χ2n) is 3.22. The second kappa shape index (κ2) is 3.72. The number of phenols is 1. The van der Waals surface area contributed by atoms with E-state index >= 15 is 0 Å². The summed E-state index contributed by atoms with van der Waals surface area (Å²) in [6.07, 6.45) is 2.44. The Morgan fingerprint density at radius 2 is 2.50 bits per heavy atom. The van der Waals surface area contributed by atoms with Gasteiger partial charge in [0.2, 0.25) is 0 Å². The van der Waals surface area contributed by atoms with Crippen molar-refractivity contribution in [1.29, 1.82) is 0 Å². The molecule has 0 bridgehead atoms. The number of hydrogen-bond acceptors (Lipinski definition) is 2. The number of aromatic hydroxyl groups is 1. The van der Waals surface area contributed by atoms with Crippen LogP contribution in [0, 0.1) is 0 Å². The van der Waals surface area contributed by atoms with Gasteiger partial charge in [0.15, 0.2) is 0 Å². The van der Waals surface area contributed by atoms with E-state index in [-0.39, 0.29) is 5.75 Å². The van der Waals surface area contributed by atoms with E-state index in [1.54, 1.807) is 18.2 Å². The molecule has 1 heterocycles. The molecule has 3 N–H and O–H groups in total. The quantitative estimate of drug-likeness (QED) is 0.694. The number of aromatic amines is 1. The molecule has 2 aromatic rings. The van der Waals surface area contributed by atoms with Gasteiger partial charge in [-0.3, -0.25) is 0 Å². The lowest BCUT2D eigenvalue weighted by molar-refractivity contribution is 0.476. The van der Waals surface area contributed by atoms with Crippen LogP contribution in [0.3, 0.4) is 0 Å². The first-order valence-corrected chi connectivity index (χ1v) is 4.50. The number of nitrogens with one attached hydrogen (secondary N) is 2. The van der Waals surface area contributed by atoms with Crippen molar-refractivity contribution < 1.29 is 9.22 Å². The van der Waals surface area contributed by atoms with Crippen molar-refractivity contribution in [3.05, 3.63) is 30.0 Å². The summed E-state index contributed by atoms with van der Waals surface area (Å²) in [5.74, 6) is 0.210. The standard InChI is InChI=1S/C11H14N2O/c1-12-5-4-8-7-13-11-3-2-9(14)6-10(8)11/h2-3,6-7,12-14H,4-5H2,1H3/i1D3. The summed E-state index contributed by atoms with van der Waals surface area (Å²) in [5, 5.41) is 12.8. The van der Waals surface area contributed by atoms with Crippen LogP contribution < -0.4 is 5.32 Å². The van der Waals surface area contributed by atoms with Gasteiger partial charge in [-0.25, -0.2) is 0 Å². The fraction of sp³-hybridized carbons (Fsp3) is 0.273. The van der Waals surface area contributed by atoms with Gasteiger partial charge in [-0.2, -0.15) is 0 Å². The molecule has 0 amide bonds. The number of aromatic nitrogens is 1. The van der Waals surface area contributed by atoms with E-state index in [1.807, 2.05) is 6.20 Å². The Morgan fingerprint density at radius 1 is 1.57 bits per heavy atom. The number of hydrogen-bond donors (Lipinski definition) is 3. The lowest BCUT2D eigenvalue weighted by atomic mass is 10.1. The first kappa shape index (κ1) is 6.09. The molecule has 0 aliphatic carbocycles. The van der Waals surface area contributed by atoms with Crippen LogP contribution in [-0.4, -0.2) is 23.6 Å². The van der Waals surface area contributed by atoms with E-state index in [0.29, 0.717) is 13.0 Å². The zero-order valence-corrected chi connectivity index (χ0v) is 7.67. The second-order valence-corrected chi connectivity index (χ2v) is 3.22. The zero-order chi connectivity index (χ0) is 12.5.